The Hall–Kier alpha value is -1.75. The molecular formula is C12H19N3O2. The summed E-state index contributed by atoms with van der Waals surface area (Å²) in [5.41, 5.74) is 8.30. The lowest BCUT2D eigenvalue weighted by molar-refractivity contribution is 0.302. The van der Waals surface area contributed by atoms with E-state index in [1.807, 2.05) is 26.0 Å². The van der Waals surface area contributed by atoms with Crippen LogP contribution in [0.5, 0.6) is 0 Å². The van der Waals surface area contributed by atoms with Gasteiger partial charge in [-0.15, -0.1) is 0 Å². The monoisotopic (exact) mass is 237 g/mol. The number of amidine groups is 1. The zero-order valence-electron chi connectivity index (χ0n) is 10.2. The van der Waals surface area contributed by atoms with Crippen LogP contribution in [0.25, 0.3) is 0 Å². The lowest BCUT2D eigenvalue weighted by Gasteiger charge is -2.24. The van der Waals surface area contributed by atoms with Gasteiger partial charge in [0, 0.05) is 24.3 Å². The quantitative estimate of drug-likeness (QED) is 0.308. The Kier molecular flexibility index (Phi) is 4.78. The highest BCUT2D eigenvalue weighted by Crippen LogP contribution is 2.20. The van der Waals surface area contributed by atoms with Gasteiger partial charge in [-0.25, -0.2) is 0 Å². The standard InChI is InChI=1S/C12H19N3O2/c1-3-15(6-7-16)11-5-4-10(8-9(11)2)12(13)14-17/h4-5,8,16-17H,3,6-7H2,1-2H3,(H2,13,14). The molecule has 17 heavy (non-hydrogen) atoms. The minimum atomic E-state index is 0.102. The molecule has 0 aromatic heterocycles. The summed E-state index contributed by atoms with van der Waals surface area (Å²) in [5.74, 6) is 0.102. The summed E-state index contributed by atoms with van der Waals surface area (Å²) in [4.78, 5) is 2.07. The van der Waals surface area contributed by atoms with E-state index in [1.165, 1.54) is 0 Å². The van der Waals surface area contributed by atoms with Crippen LogP contribution in [0.15, 0.2) is 23.4 Å². The van der Waals surface area contributed by atoms with Gasteiger partial charge in [0.05, 0.1) is 6.61 Å². The first-order chi connectivity index (χ1) is 8.13. The highest BCUT2D eigenvalue weighted by molar-refractivity contribution is 5.97. The summed E-state index contributed by atoms with van der Waals surface area (Å²) >= 11 is 0. The Labute approximate surface area is 101 Å². The maximum atomic E-state index is 8.99. The third-order valence-corrected chi connectivity index (χ3v) is 2.69. The first-order valence-electron chi connectivity index (χ1n) is 5.58. The maximum absolute atomic E-state index is 8.99. The summed E-state index contributed by atoms with van der Waals surface area (Å²) < 4.78 is 0. The zero-order valence-corrected chi connectivity index (χ0v) is 10.2. The number of nitrogens with zero attached hydrogens (tertiary/aromatic N) is 2. The van der Waals surface area contributed by atoms with Crippen molar-refractivity contribution >= 4 is 11.5 Å². The second-order valence-electron chi connectivity index (χ2n) is 3.79. The molecule has 0 radical (unpaired) electrons. The van der Waals surface area contributed by atoms with Gasteiger partial charge in [-0.2, -0.15) is 0 Å². The number of hydrogen-bond donors (Lipinski definition) is 3. The molecule has 0 aliphatic heterocycles. The Morgan fingerprint density at radius 2 is 2.18 bits per heavy atom. The second-order valence-corrected chi connectivity index (χ2v) is 3.79. The average molecular weight is 237 g/mol. The lowest BCUT2D eigenvalue weighted by Crippen LogP contribution is -2.27. The molecule has 0 heterocycles. The van der Waals surface area contributed by atoms with Crippen LogP contribution in [-0.2, 0) is 0 Å². The van der Waals surface area contributed by atoms with Crippen LogP contribution in [0.1, 0.15) is 18.1 Å². The smallest absolute Gasteiger partial charge is 0.170 e. The summed E-state index contributed by atoms with van der Waals surface area (Å²) in [6.07, 6.45) is 0. The van der Waals surface area contributed by atoms with E-state index in [2.05, 4.69) is 10.1 Å². The third-order valence-electron chi connectivity index (χ3n) is 2.69. The predicted molar refractivity (Wildman–Crippen MR) is 68.7 cm³/mol. The van der Waals surface area contributed by atoms with Crippen molar-refractivity contribution in [3.63, 3.8) is 0 Å². The first kappa shape index (κ1) is 13.3. The van der Waals surface area contributed by atoms with Crippen molar-refractivity contribution in [1.82, 2.24) is 0 Å². The van der Waals surface area contributed by atoms with E-state index in [4.69, 9.17) is 16.0 Å². The summed E-state index contributed by atoms with van der Waals surface area (Å²) in [6, 6.07) is 5.59. The molecule has 94 valence electrons. The Balaban J connectivity index is 3.04. The molecule has 1 aromatic carbocycles. The normalized spacial score (nSPS) is 11.6. The van der Waals surface area contributed by atoms with Gasteiger partial charge in [0.2, 0.25) is 0 Å². The molecule has 0 aliphatic carbocycles. The van der Waals surface area contributed by atoms with Gasteiger partial charge in [0.1, 0.15) is 0 Å². The SMILES string of the molecule is CCN(CCO)c1ccc(/C(N)=N/O)cc1C. The lowest BCUT2D eigenvalue weighted by atomic mass is 10.1. The third kappa shape index (κ3) is 3.10. The van der Waals surface area contributed by atoms with E-state index in [9.17, 15) is 0 Å². The topological polar surface area (TPSA) is 82.1 Å². The molecule has 0 spiro atoms. The van der Waals surface area contributed by atoms with Crippen molar-refractivity contribution in [2.24, 2.45) is 10.9 Å². The Morgan fingerprint density at radius 1 is 1.47 bits per heavy atom. The minimum absolute atomic E-state index is 0.102. The van der Waals surface area contributed by atoms with Gasteiger partial charge in [0.15, 0.2) is 5.84 Å². The van der Waals surface area contributed by atoms with Gasteiger partial charge in [-0.3, -0.25) is 0 Å². The minimum Gasteiger partial charge on any atom is -0.409 e. The molecule has 5 nitrogen and oxygen atoms in total. The van der Waals surface area contributed by atoms with Crippen LogP contribution in [0.3, 0.4) is 0 Å². The van der Waals surface area contributed by atoms with Crippen molar-refractivity contribution in [2.75, 3.05) is 24.6 Å². The van der Waals surface area contributed by atoms with Gasteiger partial charge < -0.3 is 20.9 Å². The molecule has 1 rings (SSSR count). The predicted octanol–water partition coefficient (Wildman–Crippen LogP) is 0.908. The van der Waals surface area contributed by atoms with Gasteiger partial charge in [-0.05, 0) is 37.6 Å². The fourth-order valence-electron chi connectivity index (χ4n) is 1.80. The molecule has 0 saturated heterocycles. The number of rotatable bonds is 5. The average Bonchev–Trinajstić information content (AvgIpc) is 2.35. The molecule has 0 fully saturated rings. The number of nitrogens with two attached hydrogens (primary N) is 1. The van der Waals surface area contributed by atoms with Crippen LogP contribution >= 0.6 is 0 Å². The Morgan fingerprint density at radius 3 is 2.65 bits per heavy atom. The fraction of sp³-hybridized carbons (Fsp3) is 0.417. The molecule has 0 saturated carbocycles. The summed E-state index contributed by atoms with van der Waals surface area (Å²) in [6.45, 7) is 5.54. The molecule has 0 atom stereocenters. The van der Waals surface area contributed by atoms with Crippen LogP contribution in [-0.4, -0.2) is 35.8 Å². The number of aryl methyl sites for hydroxylation is 1. The molecule has 0 unspecified atom stereocenters. The van der Waals surface area contributed by atoms with Crippen molar-refractivity contribution in [3.8, 4) is 0 Å². The van der Waals surface area contributed by atoms with Crippen molar-refractivity contribution < 1.29 is 10.3 Å². The van der Waals surface area contributed by atoms with E-state index in [0.29, 0.717) is 12.1 Å². The number of anilines is 1. The van der Waals surface area contributed by atoms with E-state index < -0.39 is 0 Å². The molecule has 5 heteroatoms. The number of aliphatic hydroxyl groups is 1. The van der Waals surface area contributed by atoms with Gasteiger partial charge in [-0.1, -0.05) is 5.16 Å². The molecule has 0 bridgehead atoms. The maximum Gasteiger partial charge on any atom is 0.170 e. The van der Waals surface area contributed by atoms with Crippen LogP contribution in [0.2, 0.25) is 0 Å². The molecule has 0 amide bonds. The van der Waals surface area contributed by atoms with E-state index in [-0.39, 0.29) is 12.4 Å². The number of benzene rings is 1. The van der Waals surface area contributed by atoms with Gasteiger partial charge >= 0.3 is 0 Å². The largest absolute Gasteiger partial charge is 0.409 e. The summed E-state index contributed by atoms with van der Waals surface area (Å²) in [5, 5.41) is 20.6. The second kappa shape index (κ2) is 6.10. The van der Waals surface area contributed by atoms with Crippen LogP contribution in [0.4, 0.5) is 5.69 Å². The number of hydrogen-bond acceptors (Lipinski definition) is 4. The number of aliphatic hydroxyl groups excluding tert-OH is 1. The summed E-state index contributed by atoms with van der Waals surface area (Å²) in [7, 11) is 0. The highest BCUT2D eigenvalue weighted by Gasteiger charge is 2.08. The molecule has 4 N–H and O–H groups in total. The van der Waals surface area contributed by atoms with E-state index >= 15 is 0 Å². The molecular weight excluding hydrogens is 218 g/mol. The van der Waals surface area contributed by atoms with Gasteiger partial charge in [0.25, 0.3) is 0 Å². The number of likely N-dealkylation sites (N-methyl/N-ethyl adjacent to an activating group) is 1. The highest BCUT2D eigenvalue weighted by atomic mass is 16.4. The first-order valence-corrected chi connectivity index (χ1v) is 5.58. The Bertz CT molecular complexity index is 405. The fourth-order valence-corrected chi connectivity index (χ4v) is 1.80. The zero-order chi connectivity index (χ0) is 12.8. The molecule has 1 aromatic rings. The van der Waals surface area contributed by atoms with Crippen molar-refractivity contribution in [2.45, 2.75) is 13.8 Å². The van der Waals surface area contributed by atoms with Crippen molar-refractivity contribution in [3.05, 3.63) is 29.3 Å². The van der Waals surface area contributed by atoms with E-state index in [0.717, 1.165) is 17.8 Å². The van der Waals surface area contributed by atoms with Crippen LogP contribution in [0, 0.1) is 6.92 Å². The van der Waals surface area contributed by atoms with Crippen molar-refractivity contribution in [1.29, 1.82) is 0 Å². The van der Waals surface area contributed by atoms with Crippen LogP contribution < -0.4 is 10.6 Å². The number of oxime groups is 1. The molecule has 0 aliphatic rings. The van der Waals surface area contributed by atoms with E-state index in [1.54, 1.807) is 6.07 Å².